The van der Waals surface area contributed by atoms with E-state index in [-0.39, 0.29) is 6.03 Å². The normalized spacial score (nSPS) is 10.5. The first-order chi connectivity index (χ1) is 17.2. The van der Waals surface area contributed by atoms with Crippen molar-refractivity contribution in [1.29, 1.82) is 0 Å². The van der Waals surface area contributed by atoms with E-state index in [2.05, 4.69) is 5.32 Å². The van der Waals surface area contributed by atoms with E-state index in [1.165, 1.54) is 0 Å². The van der Waals surface area contributed by atoms with Gasteiger partial charge in [0.1, 0.15) is 18.1 Å². The van der Waals surface area contributed by atoms with E-state index >= 15 is 0 Å². The number of nitrogens with one attached hydrogen (secondary N) is 1. The number of amides is 2. The molecule has 180 valence electrons. The molecule has 7 heteroatoms. The SMILES string of the molecule is COc1ccccc1NC(=O)N(Cc1ccc(OCc2ccccc2)c(OC)c1)Cc1ccco1. The summed E-state index contributed by atoms with van der Waals surface area (Å²) in [5.74, 6) is 2.49. The predicted octanol–water partition coefficient (Wildman–Crippen LogP) is 6.11. The van der Waals surface area contributed by atoms with Crippen molar-refractivity contribution in [3.8, 4) is 17.2 Å². The molecule has 0 spiro atoms. The Morgan fingerprint density at radius 1 is 0.800 bits per heavy atom. The minimum atomic E-state index is -0.283. The van der Waals surface area contributed by atoms with E-state index in [9.17, 15) is 4.79 Å². The van der Waals surface area contributed by atoms with Crippen LogP contribution in [0.2, 0.25) is 0 Å². The number of methoxy groups -OCH3 is 2. The standard InChI is InChI=1S/C28H28N2O5/c1-32-25-13-7-6-12-24(25)29-28(31)30(19-23-11-8-16-34-23)18-22-14-15-26(27(17-22)33-2)35-20-21-9-4-3-5-10-21/h3-17H,18-20H2,1-2H3,(H,29,31). The molecule has 7 nitrogen and oxygen atoms in total. The Morgan fingerprint density at radius 2 is 1.57 bits per heavy atom. The molecule has 1 N–H and O–H groups in total. The Bertz CT molecular complexity index is 1230. The summed E-state index contributed by atoms with van der Waals surface area (Å²) in [5.41, 5.74) is 2.54. The van der Waals surface area contributed by atoms with Gasteiger partial charge in [0.05, 0.1) is 32.7 Å². The molecule has 0 radical (unpaired) electrons. The maximum atomic E-state index is 13.3. The molecule has 0 fully saturated rings. The Morgan fingerprint density at radius 3 is 2.31 bits per heavy atom. The van der Waals surface area contributed by atoms with Gasteiger partial charge in [-0.2, -0.15) is 0 Å². The zero-order chi connectivity index (χ0) is 24.5. The maximum absolute atomic E-state index is 13.3. The van der Waals surface area contributed by atoms with Crippen LogP contribution >= 0.6 is 0 Å². The van der Waals surface area contributed by atoms with Gasteiger partial charge in [0.25, 0.3) is 0 Å². The second-order valence-electron chi connectivity index (χ2n) is 7.83. The minimum Gasteiger partial charge on any atom is -0.495 e. The van der Waals surface area contributed by atoms with Gasteiger partial charge in [0, 0.05) is 6.54 Å². The summed E-state index contributed by atoms with van der Waals surface area (Å²) in [6, 6.07) is 26.2. The van der Waals surface area contributed by atoms with Gasteiger partial charge in [0.2, 0.25) is 0 Å². The largest absolute Gasteiger partial charge is 0.495 e. The van der Waals surface area contributed by atoms with Crippen molar-refractivity contribution in [2.75, 3.05) is 19.5 Å². The van der Waals surface area contributed by atoms with Crippen LogP contribution in [-0.4, -0.2) is 25.2 Å². The fourth-order valence-corrected chi connectivity index (χ4v) is 3.62. The Balaban J connectivity index is 1.51. The number of hydrogen-bond donors (Lipinski definition) is 1. The van der Waals surface area contributed by atoms with Gasteiger partial charge in [0.15, 0.2) is 11.5 Å². The summed E-state index contributed by atoms with van der Waals surface area (Å²) in [7, 11) is 3.17. The number of para-hydroxylation sites is 2. The highest BCUT2D eigenvalue weighted by molar-refractivity contribution is 5.91. The Hall–Kier alpha value is -4.39. The van der Waals surface area contributed by atoms with Crippen LogP contribution in [0, 0.1) is 0 Å². The molecule has 0 aliphatic rings. The van der Waals surface area contributed by atoms with Gasteiger partial charge in [-0.25, -0.2) is 4.79 Å². The molecule has 0 unspecified atom stereocenters. The molecule has 4 rings (SSSR count). The lowest BCUT2D eigenvalue weighted by molar-refractivity contribution is 0.201. The van der Waals surface area contributed by atoms with Crippen LogP contribution in [0.15, 0.2) is 95.6 Å². The van der Waals surface area contributed by atoms with Crippen LogP contribution < -0.4 is 19.5 Å². The molecule has 0 saturated carbocycles. The predicted molar refractivity (Wildman–Crippen MR) is 134 cm³/mol. The van der Waals surface area contributed by atoms with Crippen LogP contribution in [0.3, 0.4) is 0 Å². The van der Waals surface area contributed by atoms with E-state index in [1.807, 2.05) is 66.7 Å². The average Bonchev–Trinajstić information content (AvgIpc) is 3.41. The zero-order valence-electron chi connectivity index (χ0n) is 19.8. The van der Waals surface area contributed by atoms with Crippen LogP contribution in [0.5, 0.6) is 17.2 Å². The zero-order valence-corrected chi connectivity index (χ0v) is 19.8. The number of nitrogens with zero attached hydrogens (tertiary/aromatic N) is 1. The summed E-state index contributed by atoms with van der Waals surface area (Å²) in [4.78, 5) is 14.9. The molecule has 1 heterocycles. The third-order valence-electron chi connectivity index (χ3n) is 5.40. The minimum absolute atomic E-state index is 0.283. The first-order valence-corrected chi connectivity index (χ1v) is 11.2. The summed E-state index contributed by atoms with van der Waals surface area (Å²) in [6.45, 7) is 1.06. The molecule has 2 amide bonds. The van der Waals surface area contributed by atoms with Crippen LogP contribution in [0.4, 0.5) is 10.5 Å². The molecule has 4 aromatic rings. The van der Waals surface area contributed by atoms with Gasteiger partial charge in [-0.05, 0) is 47.5 Å². The van der Waals surface area contributed by atoms with Gasteiger partial charge >= 0.3 is 6.03 Å². The lowest BCUT2D eigenvalue weighted by Crippen LogP contribution is -2.34. The van der Waals surface area contributed by atoms with Crippen molar-refractivity contribution in [3.05, 3.63) is 108 Å². The number of rotatable bonds is 10. The molecule has 0 saturated heterocycles. The number of carbonyl (C=O) groups is 1. The summed E-state index contributed by atoms with van der Waals surface area (Å²) < 4.78 is 22.4. The number of furan rings is 1. The van der Waals surface area contributed by atoms with E-state index in [1.54, 1.807) is 43.6 Å². The van der Waals surface area contributed by atoms with E-state index in [4.69, 9.17) is 18.6 Å². The lowest BCUT2D eigenvalue weighted by atomic mass is 10.2. The second-order valence-corrected chi connectivity index (χ2v) is 7.83. The smallest absolute Gasteiger partial charge is 0.322 e. The van der Waals surface area contributed by atoms with E-state index in [0.29, 0.717) is 48.4 Å². The van der Waals surface area contributed by atoms with Gasteiger partial charge in [-0.3, -0.25) is 0 Å². The average molecular weight is 473 g/mol. The highest BCUT2D eigenvalue weighted by atomic mass is 16.5. The van der Waals surface area contributed by atoms with E-state index < -0.39 is 0 Å². The third-order valence-corrected chi connectivity index (χ3v) is 5.40. The highest BCUT2D eigenvalue weighted by Gasteiger charge is 2.19. The quantitative estimate of drug-likeness (QED) is 0.301. The molecule has 0 aliphatic carbocycles. The van der Waals surface area contributed by atoms with Crippen molar-refractivity contribution < 1.29 is 23.4 Å². The summed E-state index contributed by atoms with van der Waals surface area (Å²) in [5, 5.41) is 2.94. The van der Waals surface area contributed by atoms with Crippen molar-refractivity contribution in [2.45, 2.75) is 19.7 Å². The third kappa shape index (κ3) is 6.35. The molecule has 3 aromatic carbocycles. The maximum Gasteiger partial charge on any atom is 0.322 e. The first-order valence-electron chi connectivity index (χ1n) is 11.2. The number of anilines is 1. The molecule has 0 atom stereocenters. The van der Waals surface area contributed by atoms with Crippen molar-refractivity contribution in [1.82, 2.24) is 4.90 Å². The molecule has 35 heavy (non-hydrogen) atoms. The fourth-order valence-electron chi connectivity index (χ4n) is 3.62. The second kappa shape index (κ2) is 11.7. The highest BCUT2D eigenvalue weighted by Crippen LogP contribution is 2.30. The summed E-state index contributed by atoms with van der Waals surface area (Å²) >= 11 is 0. The molecule has 1 aromatic heterocycles. The monoisotopic (exact) mass is 472 g/mol. The number of hydrogen-bond acceptors (Lipinski definition) is 5. The fraction of sp³-hybridized carbons (Fsp3) is 0.179. The van der Waals surface area contributed by atoms with Crippen LogP contribution in [0.25, 0.3) is 0 Å². The van der Waals surface area contributed by atoms with Crippen LogP contribution in [-0.2, 0) is 19.7 Å². The Labute approximate surface area is 204 Å². The number of carbonyl (C=O) groups excluding carboxylic acids is 1. The molecular weight excluding hydrogens is 444 g/mol. The molecular formula is C28H28N2O5. The molecule has 0 bridgehead atoms. The van der Waals surface area contributed by atoms with Gasteiger partial charge in [-0.1, -0.05) is 48.5 Å². The number of benzene rings is 3. The topological polar surface area (TPSA) is 73.2 Å². The van der Waals surface area contributed by atoms with Gasteiger partial charge in [-0.15, -0.1) is 0 Å². The van der Waals surface area contributed by atoms with E-state index in [0.717, 1.165) is 11.1 Å². The molecule has 0 aliphatic heterocycles. The van der Waals surface area contributed by atoms with Crippen molar-refractivity contribution >= 4 is 11.7 Å². The lowest BCUT2D eigenvalue weighted by Gasteiger charge is -2.23. The van der Waals surface area contributed by atoms with Crippen molar-refractivity contribution in [2.24, 2.45) is 0 Å². The first kappa shape index (κ1) is 23.8. The number of urea groups is 1. The number of ether oxygens (including phenoxy) is 3. The Kier molecular flexibility index (Phi) is 7.91. The van der Waals surface area contributed by atoms with Crippen molar-refractivity contribution in [3.63, 3.8) is 0 Å². The summed E-state index contributed by atoms with van der Waals surface area (Å²) in [6.07, 6.45) is 1.59. The van der Waals surface area contributed by atoms with Gasteiger partial charge < -0.3 is 28.8 Å². The van der Waals surface area contributed by atoms with Crippen LogP contribution in [0.1, 0.15) is 16.9 Å².